The molecule has 0 saturated carbocycles. The second-order valence-corrected chi connectivity index (χ2v) is 4.88. The van der Waals surface area contributed by atoms with E-state index < -0.39 is 0 Å². The van der Waals surface area contributed by atoms with Crippen molar-refractivity contribution in [2.45, 2.75) is 13.3 Å². The summed E-state index contributed by atoms with van der Waals surface area (Å²) >= 11 is 1.63. The van der Waals surface area contributed by atoms with Crippen LogP contribution in [-0.4, -0.2) is 14.5 Å². The number of fused-ring (bicyclic) bond motifs is 1. The van der Waals surface area contributed by atoms with Crippen LogP contribution in [0, 0.1) is 6.92 Å². The van der Waals surface area contributed by atoms with Crippen molar-refractivity contribution in [3.63, 3.8) is 0 Å². The topological polar surface area (TPSA) is 37.5 Å². The van der Waals surface area contributed by atoms with Crippen LogP contribution >= 0.6 is 11.3 Å². The monoisotopic (exact) mass is 244 g/mol. The van der Waals surface area contributed by atoms with Crippen molar-refractivity contribution in [1.82, 2.24) is 9.38 Å². The molecule has 0 amide bonds. The lowest BCUT2D eigenvalue weighted by Gasteiger charge is -2.04. The van der Waals surface area contributed by atoms with Crippen LogP contribution in [0.2, 0.25) is 0 Å². The largest absolute Gasteiger partial charge is 0.508 e. The van der Waals surface area contributed by atoms with Gasteiger partial charge in [-0.2, -0.15) is 0 Å². The van der Waals surface area contributed by atoms with E-state index in [0.29, 0.717) is 12.2 Å². The van der Waals surface area contributed by atoms with Crippen molar-refractivity contribution < 1.29 is 5.11 Å². The number of thiazole rings is 1. The highest BCUT2D eigenvalue weighted by Gasteiger charge is 2.11. The molecule has 86 valence electrons. The van der Waals surface area contributed by atoms with Crippen LogP contribution in [0.4, 0.5) is 0 Å². The SMILES string of the molecule is Cc1nc2sccn2c1Cc1ccccc1O. The van der Waals surface area contributed by atoms with Crippen molar-refractivity contribution in [2.24, 2.45) is 0 Å². The molecule has 0 fully saturated rings. The summed E-state index contributed by atoms with van der Waals surface area (Å²) in [6, 6.07) is 7.44. The van der Waals surface area contributed by atoms with Crippen LogP contribution in [0.3, 0.4) is 0 Å². The van der Waals surface area contributed by atoms with E-state index in [9.17, 15) is 5.11 Å². The standard InChI is InChI=1S/C13H12N2OS/c1-9-11(15-6-7-17-13(15)14-9)8-10-4-2-3-5-12(10)16/h2-7,16H,8H2,1H3. The van der Waals surface area contributed by atoms with Gasteiger partial charge in [0, 0.05) is 18.0 Å². The highest BCUT2D eigenvalue weighted by molar-refractivity contribution is 7.15. The molecule has 0 saturated heterocycles. The van der Waals surface area contributed by atoms with E-state index in [1.165, 1.54) is 0 Å². The summed E-state index contributed by atoms with van der Waals surface area (Å²) in [6.07, 6.45) is 2.73. The Morgan fingerprint density at radius 2 is 2.18 bits per heavy atom. The minimum Gasteiger partial charge on any atom is -0.508 e. The quantitative estimate of drug-likeness (QED) is 0.752. The van der Waals surface area contributed by atoms with Crippen LogP contribution in [0.15, 0.2) is 35.8 Å². The van der Waals surface area contributed by atoms with Gasteiger partial charge in [0.25, 0.3) is 0 Å². The Bertz CT molecular complexity index is 669. The van der Waals surface area contributed by atoms with Gasteiger partial charge in [0.05, 0.1) is 11.4 Å². The first-order valence-electron chi connectivity index (χ1n) is 5.43. The summed E-state index contributed by atoms with van der Waals surface area (Å²) in [5, 5.41) is 11.8. The summed E-state index contributed by atoms with van der Waals surface area (Å²) in [5.74, 6) is 0.345. The third-order valence-corrected chi connectivity index (χ3v) is 3.67. The highest BCUT2D eigenvalue weighted by Crippen LogP contribution is 2.23. The van der Waals surface area contributed by atoms with E-state index in [1.54, 1.807) is 17.4 Å². The van der Waals surface area contributed by atoms with Crippen LogP contribution in [0.5, 0.6) is 5.75 Å². The molecule has 2 aromatic heterocycles. The second kappa shape index (κ2) is 3.89. The van der Waals surface area contributed by atoms with Gasteiger partial charge in [-0.15, -0.1) is 11.3 Å². The molecule has 3 rings (SSSR count). The zero-order valence-electron chi connectivity index (χ0n) is 9.42. The zero-order chi connectivity index (χ0) is 11.8. The van der Waals surface area contributed by atoms with E-state index in [2.05, 4.69) is 9.38 Å². The molecule has 4 heteroatoms. The number of para-hydroxylation sites is 1. The molecule has 0 aliphatic heterocycles. The average Bonchev–Trinajstić information content (AvgIpc) is 2.85. The molecule has 3 aromatic rings. The van der Waals surface area contributed by atoms with Crippen LogP contribution in [-0.2, 0) is 6.42 Å². The molecule has 0 radical (unpaired) electrons. The van der Waals surface area contributed by atoms with Crippen LogP contribution in [0.25, 0.3) is 4.96 Å². The second-order valence-electron chi connectivity index (χ2n) is 4.00. The Morgan fingerprint density at radius 3 is 3.00 bits per heavy atom. The molecule has 0 atom stereocenters. The van der Waals surface area contributed by atoms with Crippen molar-refractivity contribution >= 4 is 16.3 Å². The summed E-state index contributed by atoms with van der Waals surface area (Å²) in [6.45, 7) is 2.01. The molecule has 1 aromatic carbocycles. The minimum absolute atomic E-state index is 0.345. The predicted molar refractivity (Wildman–Crippen MR) is 68.7 cm³/mol. The third kappa shape index (κ3) is 1.70. The number of aromatic hydroxyl groups is 1. The number of aromatic nitrogens is 2. The summed E-state index contributed by atoms with van der Waals surface area (Å²) in [5.41, 5.74) is 3.10. The van der Waals surface area contributed by atoms with Gasteiger partial charge in [0.2, 0.25) is 0 Å². The molecule has 0 aliphatic rings. The number of hydrogen-bond donors (Lipinski definition) is 1. The third-order valence-electron chi connectivity index (χ3n) is 2.91. The van der Waals surface area contributed by atoms with Gasteiger partial charge in [-0.25, -0.2) is 4.98 Å². The van der Waals surface area contributed by atoms with Gasteiger partial charge in [-0.3, -0.25) is 4.40 Å². The number of phenols is 1. The summed E-state index contributed by atoms with van der Waals surface area (Å²) < 4.78 is 2.09. The van der Waals surface area contributed by atoms with Crippen molar-refractivity contribution in [2.75, 3.05) is 0 Å². The summed E-state index contributed by atoms with van der Waals surface area (Å²) in [4.78, 5) is 5.51. The zero-order valence-corrected chi connectivity index (χ0v) is 10.2. The molecule has 3 nitrogen and oxygen atoms in total. The molecule has 2 heterocycles. The highest BCUT2D eigenvalue weighted by atomic mass is 32.1. The Labute approximate surface area is 103 Å². The molecule has 0 spiro atoms. The molecular weight excluding hydrogens is 232 g/mol. The fourth-order valence-electron chi connectivity index (χ4n) is 1.99. The number of hydrogen-bond acceptors (Lipinski definition) is 3. The van der Waals surface area contributed by atoms with Gasteiger partial charge >= 0.3 is 0 Å². The first kappa shape index (κ1) is 10.4. The van der Waals surface area contributed by atoms with E-state index >= 15 is 0 Å². The molecular formula is C13H12N2OS. The lowest BCUT2D eigenvalue weighted by atomic mass is 10.1. The van der Waals surface area contributed by atoms with Gasteiger partial charge in [0.15, 0.2) is 4.96 Å². The van der Waals surface area contributed by atoms with Gasteiger partial charge in [-0.05, 0) is 18.6 Å². The Hall–Kier alpha value is -1.81. The normalized spacial score (nSPS) is 11.1. The lowest BCUT2D eigenvalue weighted by Crippen LogP contribution is -1.95. The molecule has 0 unspecified atom stereocenters. The maximum absolute atomic E-state index is 9.80. The van der Waals surface area contributed by atoms with Crippen LogP contribution < -0.4 is 0 Å². The lowest BCUT2D eigenvalue weighted by molar-refractivity contribution is 0.469. The average molecular weight is 244 g/mol. The Balaban J connectivity index is 2.08. The van der Waals surface area contributed by atoms with E-state index in [0.717, 1.165) is 21.9 Å². The first-order chi connectivity index (χ1) is 8.25. The number of rotatable bonds is 2. The van der Waals surface area contributed by atoms with E-state index in [4.69, 9.17) is 0 Å². The maximum atomic E-state index is 9.80. The van der Waals surface area contributed by atoms with Gasteiger partial charge in [-0.1, -0.05) is 18.2 Å². The predicted octanol–water partition coefficient (Wildman–Crippen LogP) is 3.00. The minimum atomic E-state index is 0.345. The van der Waals surface area contributed by atoms with E-state index in [-0.39, 0.29) is 0 Å². The van der Waals surface area contributed by atoms with Crippen LogP contribution in [0.1, 0.15) is 17.0 Å². The molecule has 0 bridgehead atoms. The number of phenolic OH excluding ortho intramolecular Hbond substituents is 1. The molecule has 0 aliphatic carbocycles. The number of nitrogens with zero attached hydrogens (tertiary/aromatic N) is 2. The Morgan fingerprint density at radius 1 is 1.35 bits per heavy atom. The van der Waals surface area contributed by atoms with Crippen molar-refractivity contribution in [1.29, 1.82) is 0 Å². The summed E-state index contributed by atoms with van der Waals surface area (Å²) in [7, 11) is 0. The smallest absolute Gasteiger partial charge is 0.194 e. The molecule has 17 heavy (non-hydrogen) atoms. The maximum Gasteiger partial charge on any atom is 0.194 e. The fraction of sp³-hybridized carbons (Fsp3) is 0.154. The van der Waals surface area contributed by atoms with Crippen molar-refractivity contribution in [3.8, 4) is 5.75 Å². The molecule has 1 N–H and O–H groups in total. The van der Waals surface area contributed by atoms with Gasteiger partial charge in [0.1, 0.15) is 5.75 Å². The number of aryl methyl sites for hydroxylation is 1. The first-order valence-corrected chi connectivity index (χ1v) is 6.31. The van der Waals surface area contributed by atoms with E-state index in [1.807, 2.05) is 36.7 Å². The van der Waals surface area contributed by atoms with Crippen molar-refractivity contribution in [3.05, 3.63) is 52.8 Å². The fourth-order valence-corrected chi connectivity index (χ4v) is 2.77. The number of benzene rings is 1. The van der Waals surface area contributed by atoms with Gasteiger partial charge < -0.3 is 5.11 Å². The Kier molecular flexibility index (Phi) is 2.37. The number of imidazole rings is 1.